The molecule has 1 unspecified atom stereocenters. The Balaban J connectivity index is 1.66. The molecule has 1 aliphatic heterocycles. The first kappa shape index (κ1) is 11.3. The highest BCUT2D eigenvalue weighted by Crippen LogP contribution is 2.43. The van der Waals surface area contributed by atoms with Gasteiger partial charge in [0.2, 0.25) is 0 Å². The number of ether oxygens (including phenoxy) is 1. The van der Waals surface area contributed by atoms with Crippen LogP contribution in [-0.2, 0) is 11.3 Å². The van der Waals surface area contributed by atoms with E-state index in [2.05, 4.69) is 23.4 Å². The van der Waals surface area contributed by atoms with Gasteiger partial charge in [0.15, 0.2) is 0 Å². The van der Waals surface area contributed by atoms with Gasteiger partial charge in [-0.2, -0.15) is 0 Å². The highest BCUT2D eigenvalue weighted by molar-refractivity contribution is 5.08. The first-order chi connectivity index (χ1) is 8.19. The number of rotatable bonds is 2. The quantitative estimate of drug-likeness (QED) is 0.786. The number of aryl methyl sites for hydroxylation is 1. The lowest BCUT2D eigenvalue weighted by Gasteiger charge is -2.24. The monoisotopic (exact) mass is 234 g/mol. The molecule has 1 aromatic rings. The van der Waals surface area contributed by atoms with Crippen LogP contribution in [-0.4, -0.2) is 21.3 Å². The van der Waals surface area contributed by atoms with Crippen molar-refractivity contribution >= 4 is 0 Å². The van der Waals surface area contributed by atoms with Crippen LogP contribution in [0, 0.1) is 13.8 Å². The van der Waals surface area contributed by atoms with Gasteiger partial charge in [-0.25, -0.2) is 4.98 Å². The first-order valence-corrected chi connectivity index (χ1v) is 6.85. The number of hydrogen-bond acceptors (Lipinski definition) is 2. The van der Waals surface area contributed by atoms with Gasteiger partial charge in [0.05, 0.1) is 30.3 Å². The van der Waals surface area contributed by atoms with Crippen molar-refractivity contribution < 1.29 is 4.74 Å². The minimum absolute atomic E-state index is 0.258. The number of hydrogen-bond donors (Lipinski definition) is 0. The van der Waals surface area contributed by atoms with E-state index in [1.807, 2.05) is 6.33 Å². The molecular weight excluding hydrogens is 212 g/mol. The molecule has 94 valence electrons. The Morgan fingerprint density at radius 2 is 2.12 bits per heavy atom. The normalized spacial score (nSPS) is 27.1. The van der Waals surface area contributed by atoms with Crippen LogP contribution in [0.5, 0.6) is 0 Å². The van der Waals surface area contributed by atoms with Gasteiger partial charge in [0.1, 0.15) is 0 Å². The van der Waals surface area contributed by atoms with Crippen LogP contribution >= 0.6 is 0 Å². The highest BCUT2D eigenvalue weighted by Gasteiger charge is 2.42. The van der Waals surface area contributed by atoms with Gasteiger partial charge in [0, 0.05) is 5.69 Å². The third-order valence-electron chi connectivity index (χ3n) is 4.60. The summed E-state index contributed by atoms with van der Waals surface area (Å²) in [6.07, 6.45) is 10.1. The van der Waals surface area contributed by atoms with Crippen LogP contribution in [0.2, 0.25) is 0 Å². The summed E-state index contributed by atoms with van der Waals surface area (Å²) in [5.41, 5.74) is 2.67. The molecular formula is C14H22N2O. The molecule has 1 aliphatic carbocycles. The topological polar surface area (TPSA) is 27.1 Å². The van der Waals surface area contributed by atoms with E-state index >= 15 is 0 Å². The molecule has 1 spiro atoms. The van der Waals surface area contributed by atoms with E-state index in [0.717, 1.165) is 12.2 Å². The van der Waals surface area contributed by atoms with Crippen LogP contribution in [0.4, 0.5) is 0 Å². The summed E-state index contributed by atoms with van der Waals surface area (Å²) in [5.74, 6) is 0. The summed E-state index contributed by atoms with van der Waals surface area (Å²) in [5, 5.41) is 0. The molecule has 0 aromatic carbocycles. The number of nitrogens with zero attached hydrogens (tertiary/aromatic N) is 2. The summed E-state index contributed by atoms with van der Waals surface area (Å²) in [6, 6.07) is 0. The standard InChI is InChI=1S/C14H22N2O/c1-11-12(2)16(10-15-11)9-13-5-8-14(17-13)6-3-4-7-14/h10,13H,3-9H2,1-2H3. The molecule has 3 heteroatoms. The maximum atomic E-state index is 6.33. The molecule has 2 aliphatic rings. The van der Waals surface area contributed by atoms with E-state index in [4.69, 9.17) is 4.74 Å². The van der Waals surface area contributed by atoms with Crippen molar-refractivity contribution in [3.8, 4) is 0 Å². The minimum Gasteiger partial charge on any atom is -0.370 e. The highest BCUT2D eigenvalue weighted by atomic mass is 16.5. The average molecular weight is 234 g/mol. The molecule has 0 amide bonds. The molecule has 2 heterocycles. The van der Waals surface area contributed by atoms with Gasteiger partial charge in [-0.05, 0) is 39.5 Å². The first-order valence-electron chi connectivity index (χ1n) is 6.85. The fraction of sp³-hybridized carbons (Fsp3) is 0.786. The Bertz CT molecular complexity index is 404. The SMILES string of the molecule is Cc1ncn(CC2CCC3(CCCC3)O2)c1C. The zero-order valence-corrected chi connectivity index (χ0v) is 10.9. The van der Waals surface area contributed by atoms with Crippen molar-refractivity contribution in [2.75, 3.05) is 0 Å². The Kier molecular flexibility index (Phi) is 2.74. The van der Waals surface area contributed by atoms with Gasteiger partial charge in [-0.3, -0.25) is 0 Å². The molecule has 1 saturated heterocycles. The van der Waals surface area contributed by atoms with E-state index < -0.39 is 0 Å². The van der Waals surface area contributed by atoms with E-state index in [9.17, 15) is 0 Å². The Morgan fingerprint density at radius 1 is 1.35 bits per heavy atom. The zero-order valence-electron chi connectivity index (χ0n) is 10.9. The van der Waals surface area contributed by atoms with Gasteiger partial charge in [-0.1, -0.05) is 12.8 Å². The summed E-state index contributed by atoms with van der Waals surface area (Å²) < 4.78 is 8.57. The number of aromatic nitrogens is 2. The van der Waals surface area contributed by atoms with Crippen molar-refractivity contribution in [1.82, 2.24) is 9.55 Å². The molecule has 0 N–H and O–H groups in total. The fourth-order valence-corrected chi connectivity index (χ4v) is 3.36. The van der Waals surface area contributed by atoms with E-state index in [1.165, 1.54) is 44.2 Å². The van der Waals surface area contributed by atoms with Crippen LogP contribution in [0.3, 0.4) is 0 Å². The molecule has 3 rings (SSSR count). The van der Waals surface area contributed by atoms with Crippen LogP contribution in [0.25, 0.3) is 0 Å². The predicted molar refractivity (Wildman–Crippen MR) is 67.0 cm³/mol. The van der Waals surface area contributed by atoms with Crippen LogP contribution < -0.4 is 0 Å². The van der Waals surface area contributed by atoms with E-state index in [0.29, 0.717) is 6.10 Å². The Hall–Kier alpha value is -0.830. The van der Waals surface area contributed by atoms with E-state index in [1.54, 1.807) is 0 Å². The molecule has 17 heavy (non-hydrogen) atoms. The van der Waals surface area contributed by atoms with Crippen molar-refractivity contribution in [3.05, 3.63) is 17.7 Å². The summed E-state index contributed by atoms with van der Waals surface area (Å²) in [7, 11) is 0. The minimum atomic E-state index is 0.258. The van der Waals surface area contributed by atoms with Gasteiger partial charge < -0.3 is 9.30 Å². The molecule has 1 atom stereocenters. The Labute approximate surface area is 103 Å². The van der Waals surface area contributed by atoms with Gasteiger partial charge in [0.25, 0.3) is 0 Å². The Morgan fingerprint density at radius 3 is 2.76 bits per heavy atom. The zero-order chi connectivity index (χ0) is 11.9. The summed E-state index contributed by atoms with van der Waals surface area (Å²) >= 11 is 0. The van der Waals surface area contributed by atoms with Gasteiger partial charge in [-0.15, -0.1) is 0 Å². The summed E-state index contributed by atoms with van der Waals surface area (Å²) in [6.45, 7) is 5.19. The average Bonchev–Trinajstić information content (AvgIpc) is 3.00. The second-order valence-corrected chi connectivity index (χ2v) is 5.74. The van der Waals surface area contributed by atoms with Crippen LogP contribution in [0.1, 0.15) is 49.9 Å². The van der Waals surface area contributed by atoms with Crippen LogP contribution in [0.15, 0.2) is 6.33 Å². The van der Waals surface area contributed by atoms with Crippen molar-refractivity contribution in [3.63, 3.8) is 0 Å². The lowest BCUT2D eigenvalue weighted by Crippen LogP contribution is -2.26. The fourth-order valence-electron chi connectivity index (χ4n) is 3.36. The molecule has 0 radical (unpaired) electrons. The lowest BCUT2D eigenvalue weighted by molar-refractivity contribution is -0.0419. The lowest BCUT2D eigenvalue weighted by atomic mass is 9.98. The third kappa shape index (κ3) is 2.01. The predicted octanol–water partition coefficient (Wildman–Crippen LogP) is 2.99. The van der Waals surface area contributed by atoms with E-state index in [-0.39, 0.29) is 5.60 Å². The molecule has 2 fully saturated rings. The maximum Gasteiger partial charge on any atom is 0.0952 e. The second-order valence-electron chi connectivity index (χ2n) is 5.74. The molecule has 0 bridgehead atoms. The van der Waals surface area contributed by atoms with Crippen molar-refractivity contribution in [1.29, 1.82) is 0 Å². The summed E-state index contributed by atoms with van der Waals surface area (Å²) in [4.78, 5) is 4.35. The van der Waals surface area contributed by atoms with Crippen molar-refractivity contribution in [2.45, 2.75) is 70.6 Å². The second kappa shape index (κ2) is 4.13. The molecule has 1 aromatic heterocycles. The maximum absolute atomic E-state index is 6.33. The number of imidazole rings is 1. The van der Waals surface area contributed by atoms with Gasteiger partial charge >= 0.3 is 0 Å². The molecule has 1 saturated carbocycles. The third-order valence-corrected chi connectivity index (χ3v) is 4.60. The largest absolute Gasteiger partial charge is 0.370 e. The molecule has 3 nitrogen and oxygen atoms in total. The van der Waals surface area contributed by atoms with Crippen molar-refractivity contribution in [2.24, 2.45) is 0 Å². The smallest absolute Gasteiger partial charge is 0.0952 e.